The van der Waals surface area contributed by atoms with Crippen molar-refractivity contribution in [2.45, 2.75) is 44.8 Å². The summed E-state index contributed by atoms with van der Waals surface area (Å²) < 4.78 is 10.4. The zero-order chi connectivity index (χ0) is 10.5. The normalized spacial score (nSPS) is 29.1. The lowest BCUT2D eigenvalue weighted by Gasteiger charge is -2.23. The monoisotopic (exact) mass is 211 g/mol. The topological polar surface area (TPSA) is 51.1 Å². The number of ether oxygens (including phenoxy) is 2. The minimum atomic E-state index is -0.133. The van der Waals surface area contributed by atoms with Crippen LogP contribution < -0.4 is 0 Å². The number of oxime groups is 1. The van der Waals surface area contributed by atoms with Gasteiger partial charge in [-0.3, -0.25) is 0 Å². The molecule has 0 aromatic carbocycles. The number of rotatable bonds is 3. The van der Waals surface area contributed by atoms with E-state index in [-0.39, 0.29) is 6.29 Å². The van der Waals surface area contributed by atoms with Crippen LogP contribution in [0, 0.1) is 5.92 Å². The molecule has 1 aliphatic carbocycles. The molecule has 0 spiro atoms. The molecule has 1 aliphatic heterocycles. The van der Waals surface area contributed by atoms with Crippen LogP contribution in [0.5, 0.6) is 0 Å². The highest BCUT2D eigenvalue weighted by atomic mass is 16.7. The fraction of sp³-hybridized carbons (Fsp3) is 0.727. The van der Waals surface area contributed by atoms with Crippen LogP contribution in [0.4, 0.5) is 0 Å². The Kier molecular flexibility index (Phi) is 3.48. The van der Waals surface area contributed by atoms with Crippen molar-refractivity contribution in [3.8, 4) is 0 Å². The van der Waals surface area contributed by atoms with Crippen LogP contribution in [0.1, 0.15) is 38.5 Å². The van der Waals surface area contributed by atoms with E-state index in [0.29, 0.717) is 5.92 Å². The van der Waals surface area contributed by atoms with Gasteiger partial charge in [-0.05, 0) is 25.7 Å². The average Bonchev–Trinajstić information content (AvgIpc) is 2.79. The summed E-state index contributed by atoms with van der Waals surface area (Å²) in [6.45, 7) is 0. The van der Waals surface area contributed by atoms with Crippen molar-refractivity contribution in [2.24, 2.45) is 11.1 Å². The van der Waals surface area contributed by atoms with E-state index in [0.717, 1.165) is 37.8 Å². The standard InChI is InChI=1S/C11H17NO3/c13-12-10-4-2-1-3-9(10)5-6-11-14-7-8-15-11/h7-9,11,13H,1-6H2. The van der Waals surface area contributed by atoms with Gasteiger partial charge in [0, 0.05) is 12.3 Å². The number of nitrogens with zero attached hydrogens (tertiary/aromatic N) is 1. The Morgan fingerprint density at radius 3 is 2.80 bits per heavy atom. The largest absolute Gasteiger partial charge is 0.459 e. The number of hydrogen-bond donors (Lipinski definition) is 1. The minimum absolute atomic E-state index is 0.133. The maximum absolute atomic E-state index is 8.87. The van der Waals surface area contributed by atoms with Crippen molar-refractivity contribution in [3.63, 3.8) is 0 Å². The second-order valence-corrected chi connectivity index (χ2v) is 4.09. The SMILES string of the molecule is ON=C1CCCCC1CCC1OC=CO1. The van der Waals surface area contributed by atoms with Crippen molar-refractivity contribution < 1.29 is 14.7 Å². The first kappa shape index (κ1) is 10.3. The summed E-state index contributed by atoms with van der Waals surface area (Å²) in [4.78, 5) is 0. The fourth-order valence-electron chi connectivity index (χ4n) is 2.26. The van der Waals surface area contributed by atoms with Crippen LogP contribution >= 0.6 is 0 Å². The van der Waals surface area contributed by atoms with Crippen LogP contribution in [0.15, 0.2) is 17.7 Å². The van der Waals surface area contributed by atoms with Gasteiger partial charge in [0.15, 0.2) is 0 Å². The summed E-state index contributed by atoms with van der Waals surface area (Å²) in [5, 5.41) is 12.3. The Bertz CT molecular complexity index is 255. The second kappa shape index (κ2) is 5.05. The molecule has 84 valence electrons. The van der Waals surface area contributed by atoms with Gasteiger partial charge in [-0.15, -0.1) is 0 Å². The predicted molar refractivity (Wildman–Crippen MR) is 55.5 cm³/mol. The van der Waals surface area contributed by atoms with Gasteiger partial charge in [0.25, 0.3) is 0 Å². The zero-order valence-corrected chi connectivity index (χ0v) is 8.76. The molecule has 0 amide bonds. The molecule has 1 fully saturated rings. The Balaban J connectivity index is 1.76. The highest BCUT2D eigenvalue weighted by Gasteiger charge is 2.23. The van der Waals surface area contributed by atoms with Crippen LogP contribution in [0.2, 0.25) is 0 Å². The van der Waals surface area contributed by atoms with Gasteiger partial charge in [0.2, 0.25) is 6.29 Å². The van der Waals surface area contributed by atoms with Crippen molar-refractivity contribution >= 4 is 5.71 Å². The van der Waals surface area contributed by atoms with Gasteiger partial charge in [-0.1, -0.05) is 11.6 Å². The molecule has 15 heavy (non-hydrogen) atoms. The molecule has 0 aromatic rings. The van der Waals surface area contributed by atoms with E-state index in [1.165, 1.54) is 6.42 Å². The highest BCUT2D eigenvalue weighted by Crippen LogP contribution is 2.27. The molecule has 1 heterocycles. The maximum Gasteiger partial charge on any atom is 0.239 e. The quantitative estimate of drug-likeness (QED) is 0.576. The molecule has 1 saturated carbocycles. The summed E-state index contributed by atoms with van der Waals surface area (Å²) in [7, 11) is 0. The first-order valence-electron chi connectivity index (χ1n) is 5.57. The molecule has 0 aromatic heterocycles. The summed E-state index contributed by atoms with van der Waals surface area (Å²) >= 11 is 0. The van der Waals surface area contributed by atoms with Gasteiger partial charge in [0.05, 0.1) is 5.71 Å². The van der Waals surface area contributed by atoms with E-state index < -0.39 is 0 Å². The molecule has 2 aliphatic rings. The smallest absolute Gasteiger partial charge is 0.239 e. The van der Waals surface area contributed by atoms with Crippen LogP contribution in [-0.2, 0) is 9.47 Å². The van der Waals surface area contributed by atoms with E-state index >= 15 is 0 Å². The third kappa shape index (κ3) is 2.64. The van der Waals surface area contributed by atoms with E-state index in [1.807, 2.05) is 0 Å². The van der Waals surface area contributed by atoms with Gasteiger partial charge in [-0.25, -0.2) is 0 Å². The summed E-state index contributed by atoms with van der Waals surface area (Å²) in [5.74, 6) is 0.413. The van der Waals surface area contributed by atoms with E-state index in [1.54, 1.807) is 12.5 Å². The third-order valence-corrected chi connectivity index (χ3v) is 3.10. The summed E-state index contributed by atoms with van der Waals surface area (Å²) in [6, 6.07) is 0. The van der Waals surface area contributed by atoms with Gasteiger partial charge in [0.1, 0.15) is 12.5 Å². The highest BCUT2D eigenvalue weighted by molar-refractivity contribution is 5.86. The molecule has 4 heteroatoms. The molecular formula is C11H17NO3. The van der Waals surface area contributed by atoms with Crippen LogP contribution in [0.25, 0.3) is 0 Å². The van der Waals surface area contributed by atoms with E-state index in [9.17, 15) is 0 Å². The molecule has 1 atom stereocenters. The summed E-state index contributed by atoms with van der Waals surface area (Å²) in [6.07, 6.45) is 9.29. The summed E-state index contributed by atoms with van der Waals surface area (Å²) in [5.41, 5.74) is 0.951. The van der Waals surface area contributed by atoms with Crippen LogP contribution in [-0.4, -0.2) is 17.2 Å². The molecule has 4 nitrogen and oxygen atoms in total. The van der Waals surface area contributed by atoms with Crippen LogP contribution in [0.3, 0.4) is 0 Å². The molecule has 0 radical (unpaired) electrons. The molecule has 0 saturated heterocycles. The van der Waals surface area contributed by atoms with Gasteiger partial charge in [-0.2, -0.15) is 0 Å². The minimum Gasteiger partial charge on any atom is -0.459 e. The van der Waals surface area contributed by atoms with Gasteiger partial charge < -0.3 is 14.7 Å². The number of hydrogen-bond acceptors (Lipinski definition) is 4. The van der Waals surface area contributed by atoms with E-state index in [4.69, 9.17) is 14.7 Å². The lowest BCUT2D eigenvalue weighted by molar-refractivity contribution is -0.0309. The third-order valence-electron chi connectivity index (χ3n) is 3.10. The zero-order valence-electron chi connectivity index (χ0n) is 8.76. The Morgan fingerprint density at radius 1 is 1.27 bits per heavy atom. The molecule has 0 bridgehead atoms. The van der Waals surface area contributed by atoms with Crippen molar-refractivity contribution in [3.05, 3.63) is 12.5 Å². The molecular weight excluding hydrogens is 194 g/mol. The molecule has 1 N–H and O–H groups in total. The molecule has 1 unspecified atom stereocenters. The average molecular weight is 211 g/mol. The van der Waals surface area contributed by atoms with Gasteiger partial charge >= 0.3 is 0 Å². The Labute approximate surface area is 89.6 Å². The van der Waals surface area contributed by atoms with Crippen molar-refractivity contribution in [1.82, 2.24) is 0 Å². The second-order valence-electron chi connectivity index (χ2n) is 4.09. The Morgan fingerprint density at radius 2 is 2.07 bits per heavy atom. The lowest BCUT2D eigenvalue weighted by Crippen LogP contribution is -2.21. The first-order valence-corrected chi connectivity index (χ1v) is 5.57. The fourth-order valence-corrected chi connectivity index (χ4v) is 2.26. The molecule has 2 rings (SSSR count). The Hall–Kier alpha value is -1.19. The maximum atomic E-state index is 8.87. The lowest BCUT2D eigenvalue weighted by atomic mass is 9.84. The van der Waals surface area contributed by atoms with E-state index in [2.05, 4.69) is 5.16 Å². The first-order chi connectivity index (χ1) is 7.40. The van der Waals surface area contributed by atoms with Crippen molar-refractivity contribution in [2.75, 3.05) is 0 Å². The van der Waals surface area contributed by atoms with Crippen molar-refractivity contribution in [1.29, 1.82) is 0 Å². The predicted octanol–water partition coefficient (Wildman–Crippen LogP) is 2.63.